The van der Waals surface area contributed by atoms with Crippen molar-refractivity contribution in [3.8, 4) is 28.5 Å². The maximum absolute atomic E-state index is 11.8. The molecule has 0 unspecified atom stereocenters. The lowest BCUT2D eigenvalue weighted by Crippen LogP contribution is -2.22. The molecule has 4 rings (SSSR count). The molecule has 0 atom stereocenters. The summed E-state index contributed by atoms with van der Waals surface area (Å²) in [7, 11) is 1.63. The van der Waals surface area contributed by atoms with Gasteiger partial charge in [-0.05, 0) is 54.5 Å². The average molecular weight is 482 g/mol. The fraction of sp³-hybridized carbons (Fsp3) is 0.143. The summed E-state index contributed by atoms with van der Waals surface area (Å²) in [6, 6.07) is 24.9. The van der Waals surface area contributed by atoms with Crippen LogP contribution in [0.1, 0.15) is 12.0 Å². The predicted octanol–water partition coefficient (Wildman–Crippen LogP) is 4.47. The van der Waals surface area contributed by atoms with Crippen LogP contribution >= 0.6 is 0 Å². The van der Waals surface area contributed by atoms with Crippen LogP contribution in [0.4, 0.5) is 11.6 Å². The number of carbonyl (C=O) groups is 1. The number of amides is 1. The fourth-order valence-electron chi connectivity index (χ4n) is 3.35. The van der Waals surface area contributed by atoms with Gasteiger partial charge >= 0.3 is 0 Å². The lowest BCUT2D eigenvalue weighted by molar-refractivity contribution is -0.116. The van der Waals surface area contributed by atoms with Crippen LogP contribution in [0.15, 0.2) is 84.9 Å². The van der Waals surface area contributed by atoms with Crippen LogP contribution in [-0.2, 0) is 4.79 Å². The number of nitrogens with zero attached hydrogens (tertiary/aromatic N) is 3. The lowest BCUT2D eigenvalue weighted by Gasteiger charge is -2.10. The Kier molecular flexibility index (Phi) is 8.35. The first-order chi connectivity index (χ1) is 17.6. The van der Waals surface area contributed by atoms with Crippen molar-refractivity contribution in [3.63, 3.8) is 0 Å². The van der Waals surface area contributed by atoms with E-state index in [1.165, 1.54) is 6.08 Å². The number of nitrogens with one attached hydrogen (secondary N) is 2. The Balaban J connectivity index is 1.55. The van der Waals surface area contributed by atoms with E-state index >= 15 is 0 Å². The Morgan fingerprint density at radius 1 is 0.889 bits per heavy atom. The molecule has 3 aromatic carbocycles. The second kappa shape index (κ2) is 12.2. The van der Waals surface area contributed by atoms with Crippen LogP contribution < -0.4 is 15.4 Å². The van der Waals surface area contributed by atoms with Crippen molar-refractivity contribution >= 4 is 23.6 Å². The van der Waals surface area contributed by atoms with E-state index in [2.05, 4.69) is 25.6 Å². The monoisotopic (exact) mass is 481 g/mol. The van der Waals surface area contributed by atoms with Crippen molar-refractivity contribution in [1.82, 2.24) is 20.3 Å². The number of carbonyl (C=O) groups excluding carboxylic acids is 1. The second-order valence-electron chi connectivity index (χ2n) is 7.85. The van der Waals surface area contributed by atoms with Gasteiger partial charge in [0.15, 0.2) is 11.6 Å². The number of anilines is 2. The number of aliphatic hydroxyl groups excluding tert-OH is 1. The highest BCUT2D eigenvalue weighted by Crippen LogP contribution is 2.25. The van der Waals surface area contributed by atoms with E-state index in [0.717, 1.165) is 28.1 Å². The summed E-state index contributed by atoms with van der Waals surface area (Å²) in [6.45, 7) is 0.492. The summed E-state index contributed by atoms with van der Waals surface area (Å²) in [6.07, 6.45) is 3.73. The maximum Gasteiger partial charge on any atom is 0.244 e. The molecule has 0 saturated heterocycles. The summed E-state index contributed by atoms with van der Waals surface area (Å²) in [4.78, 5) is 25.8. The van der Waals surface area contributed by atoms with E-state index in [0.29, 0.717) is 30.6 Å². The van der Waals surface area contributed by atoms with Gasteiger partial charge in [-0.2, -0.15) is 9.97 Å². The van der Waals surface area contributed by atoms with Gasteiger partial charge in [0.05, 0.1) is 7.11 Å². The molecular formula is C28H27N5O3. The summed E-state index contributed by atoms with van der Waals surface area (Å²) < 4.78 is 5.26. The maximum atomic E-state index is 11.8. The number of benzene rings is 3. The van der Waals surface area contributed by atoms with Crippen LogP contribution in [0, 0.1) is 0 Å². The molecule has 1 aromatic heterocycles. The van der Waals surface area contributed by atoms with E-state index in [1.54, 1.807) is 13.2 Å². The first-order valence-electron chi connectivity index (χ1n) is 11.5. The minimum Gasteiger partial charge on any atom is -0.497 e. The van der Waals surface area contributed by atoms with Gasteiger partial charge in [-0.15, -0.1) is 0 Å². The topological polar surface area (TPSA) is 109 Å². The Morgan fingerprint density at radius 2 is 1.56 bits per heavy atom. The van der Waals surface area contributed by atoms with Crippen molar-refractivity contribution in [2.45, 2.75) is 6.42 Å². The van der Waals surface area contributed by atoms with Gasteiger partial charge in [-0.25, -0.2) is 4.98 Å². The molecule has 0 radical (unpaired) electrons. The summed E-state index contributed by atoms with van der Waals surface area (Å²) in [5.41, 5.74) is 3.40. The van der Waals surface area contributed by atoms with E-state index in [-0.39, 0.29) is 12.5 Å². The van der Waals surface area contributed by atoms with Crippen molar-refractivity contribution in [2.24, 2.45) is 0 Å². The molecule has 8 nitrogen and oxygen atoms in total. The van der Waals surface area contributed by atoms with Gasteiger partial charge in [0, 0.05) is 36.0 Å². The van der Waals surface area contributed by atoms with E-state index in [9.17, 15) is 4.79 Å². The number of ether oxygens (including phenoxy) is 1. The van der Waals surface area contributed by atoms with Gasteiger partial charge in [-0.1, -0.05) is 42.5 Å². The molecule has 0 aliphatic heterocycles. The SMILES string of the molecule is COc1ccc(-c2nc(Nc3ccc(/C=C/C(=O)NCCCO)cc3)nc(-c3ccccc3)n2)cc1. The normalized spacial score (nSPS) is 10.8. The van der Waals surface area contributed by atoms with Gasteiger partial charge in [0.1, 0.15) is 5.75 Å². The third kappa shape index (κ3) is 6.74. The minimum atomic E-state index is -0.199. The van der Waals surface area contributed by atoms with Crippen molar-refractivity contribution in [1.29, 1.82) is 0 Å². The lowest BCUT2D eigenvalue weighted by atomic mass is 10.2. The van der Waals surface area contributed by atoms with Gasteiger partial charge in [0.2, 0.25) is 11.9 Å². The van der Waals surface area contributed by atoms with Crippen LogP contribution in [-0.4, -0.2) is 46.2 Å². The molecule has 0 aliphatic rings. The largest absolute Gasteiger partial charge is 0.497 e. The Morgan fingerprint density at radius 3 is 2.19 bits per heavy atom. The zero-order valence-corrected chi connectivity index (χ0v) is 19.9. The smallest absolute Gasteiger partial charge is 0.244 e. The van der Waals surface area contributed by atoms with Crippen LogP contribution in [0.5, 0.6) is 5.75 Å². The molecule has 1 amide bonds. The molecule has 0 bridgehead atoms. The first kappa shape index (κ1) is 24.6. The van der Waals surface area contributed by atoms with Crippen molar-refractivity contribution in [3.05, 3.63) is 90.5 Å². The van der Waals surface area contributed by atoms with Crippen LogP contribution in [0.2, 0.25) is 0 Å². The Bertz CT molecular complexity index is 1310. The summed E-state index contributed by atoms with van der Waals surface area (Å²) in [5, 5.41) is 14.8. The van der Waals surface area contributed by atoms with Crippen LogP contribution in [0.3, 0.4) is 0 Å². The minimum absolute atomic E-state index is 0.0497. The van der Waals surface area contributed by atoms with Gasteiger partial charge < -0.3 is 20.5 Å². The van der Waals surface area contributed by atoms with Gasteiger partial charge in [-0.3, -0.25) is 4.79 Å². The van der Waals surface area contributed by atoms with Crippen molar-refractivity contribution < 1.29 is 14.6 Å². The highest BCUT2D eigenvalue weighted by Gasteiger charge is 2.11. The molecule has 3 N–H and O–H groups in total. The first-order valence-corrected chi connectivity index (χ1v) is 11.5. The highest BCUT2D eigenvalue weighted by atomic mass is 16.5. The van der Waals surface area contributed by atoms with E-state index < -0.39 is 0 Å². The zero-order valence-electron chi connectivity index (χ0n) is 19.9. The Hall–Kier alpha value is -4.56. The van der Waals surface area contributed by atoms with E-state index in [1.807, 2.05) is 78.9 Å². The zero-order chi connectivity index (χ0) is 25.2. The third-order valence-electron chi connectivity index (χ3n) is 5.24. The average Bonchev–Trinajstić information content (AvgIpc) is 2.93. The van der Waals surface area contributed by atoms with Gasteiger partial charge in [0.25, 0.3) is 0 Å². The molecule has 1 heterocycles. The highest BCUT2D eigenvalue weighted by molar-refractivity contribution is 5.91. The molecule has 8 heteroatoms. The molecule has 36 heavy (non-hydrogen) atoms. The standard InChI is InChI=1S/C28H27N5O3/c1-36-24-15-11-22(12-16-24)27-31-26(21-6-3-2-4-7-21)32-28(33-27)30-23-13-8-20(9-14-23)10-17-25(35)29-18-5-19-34/h2-4,6-17,34H,5,18-19H2,1H3,(H,29,35)(H,30,31,32,33)/b17-10+. The molecular weight excluding hydrogens is 454 g/mol. The molecule has 0 spiro atoms. The number of hydrogen-bond donors (Lipinski definition) is 3. The summed E-state index contributed by atoms with van der Waals surface area (Å²) in [5.74, 6) is 2.08. The summed E-state index contributed by atoms with van der Waals surface area (Å²) >= 11 is 0. The fourth-order valence-corrected chi connectivity index (χ4v) is 3.35. The Labute approximate surface area is 209 Å². The number of methoxy groups -OCH3 is 1. The quantitative estimate of drug-likeness (QED) is 0.226. The predicted molar refractivity (Wildman–Crippen MR) is 141 cm³/mol. The van der Waals surface area contributed by atoms with Crippen LogP contribution in [0.25, 0.3) is 28.9 Å². The second-order valence-corrected chi connectivity index (χ2v) is 7.85. The number of rotatable bonds is 10. The molecule has 0 saturated carbocycles. The number of hydrogen-bond acceptors (Lipinski definition) is 7. The molecule has 4 aromatic rings. The third-order valence-corrected chi connectivity index (χ3v) is 5.24. The number of aromatic nitrogens is 3. The molecule has 0 fully saturated rings. The molecule has 182 valence electrons. The van der Waals surface area contributed by atoms with Crippen molar-refractivity contribution in [2.75, 3.05) is 25.6 Å². The number of aliphatic hydroxyl groups is 1. The van der Waals surface area contributed by atoms with E-state index in [4.69, 9.17) is 9.84 Å². The molecule has 0 aliphatic carbocycles.